The molecule has 47 heavy (non-hydrogen) atoms. The van der Waals surface area contributed by atoms with Crippen LogP contribution < -0.4 is 5.32 Å². The van der Waals surface area contributed by atoms with Gasteiger partial charge in [-0.1, -0.05) is 18.2 Å². The lowest BCUT2D eigenvalue weighted by Crippen LogP contribution is -2.32. The van der Waals surface area contributed by atoms with Gasteiger partial charge in [0, 0.05) is 23.0 Å². The molecule has 1 aliphatic carbocycles. The lowest BCUT2D eigenvalue weighted by Gasteiger charge is -2.29. The van der Waals surface area contributed by atoms with Crippen LogP contribution in [0.1, 0.15) is 68.3 Å². The van der Waals surface area contributed by atoms with Crippen molar-refractivity contribution in [1.29, 1.82) is 0 Å². The van der Waals surface area contributed by atoms with Gasteiger partial charge in [-0.15, -0.1) is 0 Å². The summed E-state index contributed by atoms with van der Waals surface area (Å²) in [5.74, 6) is -5.77. The normalized spacial score (nSPS) is 14.0. The van der Waals surface area contributed by atoms with E-state index in [0.29, 0.717) is 11.4 Å². The van der Waals surface area contributed by atoms with Crippen LogP contribution in [0.15, 0.2) is 58.9 Å². The number of phenols is 4. The Bertz CT molecular complexity index is 1860. The summed E-state index contributed by atoms with van der Waals surface area (Å²) in [5, 5.41) is 54.5. The zero-order valence-corrected chi connectivity index (χ0v) is 26.0. The largest absolute Gasteiger partial charge is 0.507 e. The van der Waals surface area contributed by atoms with Gasteiger partial charge in [-0.3, -0.25) is 19.7 Å². The highest BCUT2D eigenvalue weighted by molar-refractivity contribution is 6.32. The third-order valence-electron chi connectivity index (χ3n) is 7.86. The van der Waals surface area contributed by atoms with E-state index in [0.717, 1.165) is 12.1 Å². The number of hydrogen-bond donors (Lipinski definition) is 5. The zero-order valence-electron chi connectivity index (χ0n) is 26.0. The number of carbonyl (C=O) groups excluding carboxylic acids is 4. The molecule has 0 fully saturated rings. The number of carbonyl (C=O) groups is 4. The number of aryl methyl sites for hydroxylation is 2. The molecule has 5 rings (SSSR count). The SMILES string of the molecule is COC(=O)C1=C(C)NC(C)=C(C(=O)OC)C1c1ccccc1[N+](=O)[O-].Cc1cc(O)c2c(c1O)C(=O)c1c(O)cc(C)c(O)c1C2=O. The van der Waals surface area contributed by atoms with Crippen molar-refractivity contribution < 1.29 is 54.0 Å². The number of aromatic hydroxyl groups is 4. The van der Waals surface area contributed by atoms with E-state index in [-0.39, 0.29) is 55.8 Å². The van der Waals surface area contributed by atoms with Gasteiger partial charge in [-0.2, -0.15) is 0 Å². The Labute approximate surface area is 267 Å². The number of dihydropyridines is 1. The maximum absolute atomic E-state index is 12.6. The summed E-state index contributed by atoms with van der Waals surface area (Å²) in [5.41, 5.74) is 0.148. The van der Waals surface area contributed by atoms with E-state index in [9.17, 15) is 49.7 Å². The standard InChI is InChI=1S/C17H18N2O6.C16H12O6/c1-9-13(16(20)24-3)15(14(10(2)18-9)17(21)25-4)11-7-5-6-8-12(11)19(22)23;1-5-3-7(17)9-11(13(5)19)15(21)10-8(18)4-6(2)14(20)12(10)16(9)22/h5-8,15,18H,1-4H3;3-4,17-20H,1-2H3. The van der Waals surface area contributed by atoms with Crippen LogP contribution in [0.25, 0.3) is 0 Å². The highest BCUT2D eigenvalue weighted by atomic mass is 16.6. The Hall–Kier alpha value is -6.18. The molecule has 1 heterocycles. The summed E-state index contributed by atoms with van der Waals surface area (Å²) in [6.07, 6.45) is 0. The maximum atomic E-state index is 12.6. The Balaban J connectivity index is 0.000000214. The van der Waals surface area contributed by atoms with Gasteiger partial charge in [0.25, 0.3) is 5.69 Å². The molecule has 0 unspecified atom stereocenters. The van der Waals surface area contributed by atoms with Gasteiger partial charge < -0.3 is 35.2 Å². The molecule has 0 saturated carbocycles. The maximum Gasteiger partial charge on any atom is 0.336 e. The number of nitrogens with one attached hydrogen (secondary N) is 1. The Morgan fingerprint density at radius 1 is 0.745 bits per heavy atom. The average molecular weight is 647 g/mol. The molecule has 3 aromatic rings. The Morgan fingerprint density at radius 3 is 1.53 bits per heavy atom. The lowest BCUT2D eigenvalue weighted by molar-refractivity contribution is -0.385. The predicted octanol–water partition coefficient (Wildman–Crippen LogP) is 4.08. The molecule has 0 saturated heterocycles. The highest BCUT2D eigenvalue weighted by Gasteiger charge is 2.41. The third kappa shape index (κ3) is 5.60. The summed E-state index contributed by atoms with van der Waals surface area (Å²) in [6.45, 7) is 6.22. The summed E-state index contributed by atoms with van der Waals surface area (Å²) in [7, 11) is 2.42. The number of fused-ring (bicyclic) bond motifs is 2. The van der Waals surface area contributed by atoms with Gasteiger partial charge in [-0.05, 0) is 51.0 Å². The number of nitrogens with zero attached hydrogens (tertiary/aromatic N) is 1. The first kappa shape index (κ1) is 33.7. The number of ether oxygens (including phenoxy) is 2. The summed E-state index contributed by atoms with van der Waals surface area (Å²) in [6, 6.07) is 8.30. The van der Waals surface area contributed by atoms with E-state index in [1.165, 1.54) is 46.3 Å². The molecule has 0 radical (unpaired) electrons. The van der Waals surface area contributed by atoms with Crippen LogP contribution in [0.5, 0.6) is 23.0 Å². The number of rotatable bonds is 4. The second-order valence-electron chi connectivity index (χ2n) is 10.7. The molecule has 14 heteroatoms. The van der Waals surface area contributed by atoms with Crippen molar-refractivity contribution in [2.75, 3.05) is 14.2 Å². The number of allylic oxidation sites excluding steroid dienone is 2. The number of para-hydroxylation sites is 1. The molecule has 0 aromatic heterocycles. The van der Waals surface area contributed by atoms with E-state index < -0.39 is 57.3 Å². The molecule has 244 valence electrons. The van der Waals surface area contributed by atoms with E-state index in [1.54, 1.807) is 19.9 Å². The number of ketones is 2. The minimum Gasteiger partial charge on any atom is -0.507 e. The minimum absolute atomic E-state index is 0.128. The fourth-order valence-corrected chi connectivity index (χ4v) is 5.69. The molecule has 0 atom stereocenters. The number of nitro groups is 1. The molecular weight excluding hydrogens is 616 g/mol. The first-order chi connectivity index (χ1) is 22.1. The first-order valence-corrected chi connectivity index (χ1v) is 13.9. The first-order valence-electron chi connectivity index (χ1n) is 13.9. The third-order valence-corrected chi connectivity index (χ3v) is 7.86. The van der Waals surface area contributed by atoms with Gasteiger partial charge in [0.1, 0.15) is 23.0 Å². The van der Waals surface area contributed by atoms with E-state index >= 15 is 0 Å². The molecule has 0 bridgehead atoms. The van der Waals surface area contributed by atoms with Crippen LogP contribution in [-0.2, 0) is 19.1 Å². The number of esters is 2. The number of nitro benzene ring substituents is 1. The van der Waals surface area contributed by atoms with Crippen molar-refractivity contribution >= 4 is 29.2 Å². The van der Waals surface area contributed by atoms with Crippen LogP contribution in [0.4, 0.5) is 5.69 Å². The van der Waals surface area contributed by atoms with Crippen molar-refractivity contribution in [3.63, 3.8) is 0 Å². The van der Waals surface area contributed by atoms with Crippen LogP contribution in [0.2, 0.25) is 0 Å². The average Bonchev–Trinajstić information content (AvgIpc) is 3.02. The smallest absolute Gasteiger partial charge is 0.336 e. The van der Waals surface area contributed by atoms with Crippen LogP contribution >= 0.6 is 0 Å². The fraction of sp³-hybridized carbons (Fsp3) is 0.212. The van der Waals surface area contributed by atoms with Gasteiger partial charge >= 0.3 is 11.9 Å². The number of hydrogen-bond acceptors (Lipinski definition) is 13. The Kier molecular flexibility index (Phi) is 9.09. The summed E-state index contributed by atoms with van der Waals surface area (Å²) < 4.78 is 9.66. The fourth-order valence-electron chi connectivity index (χ4n) is 5.69. The van der Waals surface area contributed by atoms with E-state index in [4.69, 9.17) is 9.47 Å². The second kappa shape index (κ2) is 12.7. The molecular formula is C33H30N2O12. The van der Waals surface area contributed by atoms with E-state index in [1.807, 2.05) is 0 Å². The van der Waals surface area contributed by atoms with Crippen molar-refractivity contribution in [3.05, 3.63) is 108 Å². The van der Waals surface area contributed by atoms with E-state index in [2.05, 4.69) is 5.32 Å². The summed E-state index contributed by atoms with van der Waals surface area (Å²) in [4.78, 5) is 60.7. The monoisotopic (exact) mass is 646 g/mol. The lowest BCUT2D eigenvalue weighted by atomic mass is 9.79. The zero-order chi connectivity index (χ0) is 35.1. The topological polar surface area (TPSA) is 223 Å². The highest BCUT2D eigenvalue weighted by Crippen LogP contribution is 2.45. The van der Waals surface area contributed by atoms with Gasteiger partial charge in [0.05, 0.1) is 58.5 Å². The number of methoxy groups -OCH3 is 2. The van der Waals surface area contributed by atoms with Crippen LogP contribution in [0.3, 0.4) is 0 Å². The second-order valence-corrected chi connectivity index (χ2v) is 10.7. The molecule has 14 nitrogen and oxygen atoms in total. The molecule has 2 aliphatic rings. The Morgan fingerprint density at radius 2 is 1.15 bits per heavy atom. The van der Waals surface area contributed by atoms with Gasteiger partial charge in [0.15, 0.2) is 0 Å². The van der Waals surface area contributed by atoms with Crippen molar-refractivity contribution in [1.82, 2.24) is 5.32 Å². The molecule has 0 spiro atoms. The predicted molar refractivity (Wildman–Crippen MR) is 164 cm³/mol. The van der Waals surface area contributed by atoms with Gasteiger partial charge in [-0.25, -0.2) is 9.59 Å². The van der Waals surface area contributed by atoms with Crippen LogP contribution in [-0.4, -0.2) is 63.1 Å². The molecule has 5 N–H and O–H groups in total. The van der Waals surface area contributed by atoms with Crippen molar-refractivity contribution in [3.8, 4) is 23.0 Å². The minimum atomic E-state index is -0.970. The molecule has 1 aliphatic heterocycles. The quantitative estimate of drug-likeness (QED) is 0.0914. The van der Waals surface area contributed by atoms with Gasteiger partial charge in [0.2, 0.25) is 11.6 Å². The van der Waals surface area contributed by atoms with Crippen molar-refractivity contribution in [2.24, 2.45) is 0 Å². The molecule has 3 aromatic carbocycles. The van der Waals surface area contributed by atoms with Crippen LogP contribution in [0, 0.1) is 24.0 Å². The molecule has 0 amide bonds. The number of phenolic OH excluding ortho intramolecular Hbond substituents is 4. The number of benzene rings is 3. The van der Waals surface area contributed by atoms with Crippen molar-refractivity contribution in [2.45, 2.75) is 33.6 Å². The summed E-state index contributed by atoms with van der Waals surface area (Å²) >= 11 is 0.